The molecule has 436 valence electrons. The van der Waals surface area contributed by atoms with Gasteiger partial charge in [-0.1, -0.05) is 301 Å². The predicted molar refractivity (Wildman–Crippen MR) is 324 cm³/mol. The second-order valence-corrected chi connectivity index (χ2v) is 22.8. The van der Waals surface area contributed by atoms with Crippen molar-refractivity contribution in [2.45, 2.75) is 373 Å². The standard InChI is InChI=1S/C68H129NO5/c1-3-5-7-9-11-13-15-17-19-21-24-28-32-36-40-44-48-52-56-60-66(71)65(64-70)69-67(72)61-57-53-49-45-41-37-33-29-26-23-27-31-35-39-43-47-51-55-59-63-74-68(73)62-58-54-50-46-42-38-34-30-25-22-20-18-16-14-12-10-8-6-4-2/h18,20,23,26,56,60,65-66,70-71H,3-17,19,21-22,24-25,27-55,57-59,61-64H2,1-2H3,(H,69,72)/b20-18-,26-23-,60-56+. The Balaban J connectivity index is 3.45. The number of nitrogens with one attached hydrogen (secondary N) is 1. The molecule has 0 fully saturated rings. The van der Waals surface area contributed by atoms with Crippen molar-refractivity contribution < 1.29 is 24.5 Å². The predicted octanol–water partition coefficient (Wildman–Crippen LogP) is 21.1. The molecule has 0 spiro atoms. The van der Waals surface area contributed by atoms with Gasteiger partial charge in [-0.05, 0) is 83.5 Å². The molecule has 0 radical (unpaired) electrons. The maximum atomic E-state index is 12.5. The van der Waals surface area contributed by atoms with Crippen LogP contribution in [0.4, 0.5) is 0 Å². The number of hydrogen-bond donors (Lipinski definition) is 3. The lowest BCUT2D eigenvalue weighted by molar-refractivity contribution is -0.143. The van der Waals surface area contributed by atoms with Gasteiger partial charge >= 0.3 is 5.97 Å². The normalized spacial score (nSPS) is 12.8. The zero-order valence-electron chi connectivity index (χ0n) is 49.8. The minimum absolute atomic E-state index is 0.00319. The van der Waals surface area contributed by atoms with Crippen molar-refractivity contribution >= 4 is 11.9 Å². The molecule has 1 amide bonds. The summed E-state index contributed by atoms with van der Waals surface area (Å²) in [6.45, 7) is 4.91. The molecule has 0 heterocycles. The molecular formula is C68H129NO5. The van der Waals surface area contributed by atoms with Crippen molar-refractivity contribution in [1.29, 1.82) is 0 Å². The number of carbonyl (C=O) groups is 2. The molecule has 2 unspecified atom stereocenters. The molecule has 6 nitrogen and oxygen atoms in total. The molecule has 0 aromatic rings. The van der Waals surface area contributed by atoms with Gasteiger partial charge in [-0.2, -0.15) is 0 Å². The van der Waals surface area contributed by atoms with Crippen molar-refractivity contribution in [3.63, 3.8) is 0 Å². The lowest BCUT2D eigenvalue weighted by atomic mass is 10.0. The maximum absolute atomic E-state index is 12.5. The van der Waals surface area contributed by atoms with Gasteiger partial charge in [0.05, 0.1) is 25.4 Å². The molecule has 0 aliphatic carbocycles. The summed E-state index contributed by atoms with van der Waals surface area (Å²) in [6.07, 6.45) is 80.5. The smallest absolute Gasteiger partial charge is 0.305 e. The van der Waals surface area contributed by atoms with Crippen LogP contribution in [0.3, 0.4) is 0 Å². The highest BCUT2D eigenvalue weighted by Crippen LogP contribution is 2.17. The van der Waals surface area contributed by atoms with E-state index in [1.165, 1.54) is 283 Å². The van der Waals surface area contributed by atoms with E-state index < -0.39 is 12.1 Å². The summed E-state index contributed by atoms with van der Waals surface area (Å²) in [5.74, 6) is -0.0719. The second kappa shape index (κ2) is 63.6. The van der Waals surface area contributed by atoms with Crippen LogP contribution in [-0.4, -0.2) is 47.4 Å². The van der Waals surface area contributed by atoms with Crippen molar-refractivity contribution in [1.82, 2.24) is 5.32 Å². The molecule has 3 N–H and O–H groups in total. The first-order valence-corrected chi connectivity index (χ1v) is 33.3. The summed E-state index contributed by atoms with van der Waals surface area (Å²) in [4.78, 5) is 24.6. The monoisotopic (exact) mass is 1040 g/mol. The summed E-state index contributed by atoms with van der Waals surface area (Å²) in [7, 11) is 0. The lowest BCUT2D eigenvalue weighted by Crippen LogP contribution is -2.45. The number of allylic oxidation sites excluding steroid dienone is 5. The van der Waals surface area contributed by atoms with E-state index in [9.17, 15) is 19.8 Å². The van der Waals surface area contributed by atoms with Crippen LogP contribution in [-0.2, 0) is 14.3 Å². The summed E-state index contributed by atoms with van der Waals surface area (Å²) in [6, 6.07) is -0.636. The summed E-state index contributed by atoms with van der Waals surface area (Å²) in [5.41, 5.74) is 0. The van der Waals surface area contributed by atoms with Gasteiger partial charge in [0.25, 0.3) is 0 Å². The van der Waals surface area contributed by atoms with Gasteiger partial charge in [0, 0.05) is 12.8 Å². The summed E-state index contributed by atoms with van der Waals surface area (Å²) < 4.78 is 5.50. The van der Waals surface area contributed by atoms with E-state index in [2.05, 4.69) is 43.5 Å². The fraction of sp³-hybridized carbons (Fsp3) is 0.882. The fourth-order valence-electron chi connectivity index (χ4n) is 10.3. The van der Waals surface area contributed by atoms with Crippen molar-refractivity contribution in [3.8, 4) is 0 Å². The van der Waals surface area contributed by atoms with Crippen LogP contribution < -0.4 is 5.32 Å². The quantitative estimate of drug-likeness (QED) is 0.0320. The minimum Gasteiger partial charge on any atom is -0.466 e. The van der Waals surface area contributed by atoms with E-state index in [0.29, 0.717) is 19.4 Å². The lowest BCUT2D eigenvalue weighted by Gasteiger charge is -2.20. The van der Waals surface area contributed by atoms with E-state index in [0.717, 1.165) is 51.4 Å². The molecule has 0 saturated carbocycles. The third-order valence-corrected chi connectivity index (χ3v) is 15.4. The van der Waals surface area contributed by atoms with Gasteiger partial charge in [0.2, 0.25) is 5.91 Å². The Morgan fingerprint density at radius 1 is 0.365 bits per heavy atom. The molecular weight excluding hydrogens is 911 g/mol. The van der Waals surface area contributed by atoms with Crippen LogP contribution in [0.15, 0.2) is 36.5 Å². The fourth-order valence-corrected chi connectivity index (χ4v) is 10.3. The first-order valence-electron chi connectivity index (χ1n) is 33.3. The Morgan fingerprint density at radius 3 is 0.959 bits per heavy atom. The van der Waals surface area contributed by atoms with Gasteiger partial charge < -0.3 is 20.3 Å². The van der Waals surface area contributed by atoms with Crippen molar-refractivity contribution in [2.24, 2.45) is 0 Å². The zero-order valence-corrected chi connectivity index (χ0v) is 49.8. The molecule has 0 bridgehead atoms. The van der Waals surface area contributed by atoms with E-state index in [1.807, 2.05) is 6.08 Å². The highest BCUT2D eigenvalue weighted by Gasteiger charge is 2.18. The summed E-state index contributed by atoms with van der Waals surface area (Å²) in [5, 5.41) is 23.2. The number of esters is 1. The molecule has 2 atom stereocenters. The maximum Gasteiger partial charge on any atom is 0.305 e. The number of amides is 1. The second-order valence-electron chi connectivity index (χ2n) is 22.8. The van der Waals surface area contributed by atoms with Crippen molar-refractivity contribution in [2.75, 3.05) is 13.2 Å². The van der Waals surface area contributed by atoms with Gasteiger partial charge in [-0.15, -0.1) is 0 Å². The molecule has 0 aromatic heterocycles. The number of aliphatic hydroxyl groups excluding tert-OH is 2. The van der Waals surface area contributed by atoms with E-state index in [1.54, 1.807) is 6.08 Å². The largest absolute Gasteiger partial charge is 0.466 e. The number of carbonyl (C=O) groups excluding carboxylic acids is 2. The first kappa shape index (κ1) is 72.1. The molecule has 0 aliphatic rings. The molecule has 0 aromatic carbocycles. The van der Waals surface area contributed by atoms with Crippen LogP contribution in [0.1, 0.15) is 361 Å². The number of aliphatic hydroxyl groups is 2. The number of rotatable bonds is 62. The first-order chi connectivity index (χ1) is 36.5. The Hall–Kier alpha value is -1.92. The van der Waals surface area contributed by atoms with Gasteiger partial charge in [0.1, 0.15) is 0 Å². The Morgan fingerprint density at radius 2 is 0.635 bits per heavy atom. The number of unbranched alkanes of at least 4 members (excludes halogenated alkanes) is 47. The minimum atomic E-state index is -0.852. The van der Waals surface area contributed by atoms with Gasteiger partial charge in [-0.25, -0.2) is 0 Å². The van der Waals surface area contributed by atoms with Crippen LogP contribution in [0.5, 0.6) is 0 Å². The molecule has 0 aliphatic heterocycles. The van der Waals surface area contributed by atoms with Crippen LogP contribution in [0.25, 0.3) is 0 Å². The molecule has 74 heavy (non-hydrogen) atoms. The molecule has 6 heteroatoms. The summed E-state index contributed by atoms with van der Waals surface area (Å²) >= 11 is 0. The average molecular weight is 1040 g/mol. The third-order valence-electron chi connectivity index (χ3n) is 15.4. The SMILES string of the molecule is CCCCCCCC/C=C\CCCCCCCCCCCC(=O)OCCCCCCCCCC/C=C\CCCCCCCCCC(=O)NC(CO)C(O)/C=C/CCCCCCCCCCCCCCCCCCC. The van der Waals surface area contributed by atoms with Gasteiger partial charge in [0.15, 0.2) is 0 Å². The van der Waals surface area contributed by atoms with Gasteiger partial charge in [-0.3, -0.25) is 9.59 Å². The number of ether oxygens (including phenoxy) is 1. The topological polar surface area (TPSA) is 95.9 Å². The zero-order chi connectivity index (χ0) is 53.6. The van der Waals surface area contributed by atoms with Crippen LogP contribution in [0, 0.1) is 0 Å². The Kier molecular flexibility index (Phi) is 62.0. The van der Waals surface area contributed by atoms with Crippen LogP contribution >= 0.6 is 0 Å². The Labute approximate surface area is 462 Å². The highest BCUT2D eigenvalue weighted by atomic mass is 16.5. The number of hydrogen-bond acceptors (Lipinski definition) is 5. The third kappa shape index (κ3) is 59.3. The average Bonchev–Trinajstić information content (AvgIpc) is 3.40. The molecule has 0 rings (SSSR count). The highest BCUT2D eigenvalue weighted by molar-refractivity contribution is 5.76. The van der Waals surface area contributed by atoms with E-state index in [-0.39, 0.29) is 18.5 Å². The van der Waals surface area contributed by atoms with Crippen molar-refractivity contribution in [3.05, 3.63) is 36.5 Å². The van der Waals surface area contributed by atoms with Crippen LogP contribution in [0.2, 0.25) is 0 Å². The molecule has 0 saturated heterocycles. The Bertz CT molecular complexity index is 1200. The van der Waals surface area contributed by atoms with E-state index in [4.69, 9.17) is 4.74 Å². The van der Waals surface area contributed by atoms with E-state index >= 15 is 0 Å².